The van der Waals surface area contributed by atoms with Gasteiger partial charge in [0.15, 0.2) is 0 Å². The van der Waals surface area contributed by atoms with Gasteiger partial charge in [-0.05, 0) is 30.7 Å². The molecule has 0 amide bonds. The van der Waals surface area contributed by atoms with E-state index < -0.39 is 0 Å². The Hall–Kier alpha value is -1.75. The van der Waals surface area contributed by atoms with Crippen LogP contribution in [0.3, 0.4) is 0 Å². The zero-order valence-electron chi connectivity index (χ0n) is 10.5. The Kier molecular flexibility index (Phi) is 3.29. The maximum atomic E-state index is 13.6. The molecule has 3 rings (SSSR count). The van der Waals surface area contributed by atoms with Crippen LogP contribution in [0.5, 0.6) is 0 Å². The summed E-state index contributed by atoms with van der Waals surface area (Å²) < 4.78 is 28.6. The predicted molar refractivity (Wildman–Crippen MR) is 67.5 cm³/mol. The van der Waals surface area contributed by atoms with Crippen LogP contribution in [0.15, 0.2) is 36.7 Å². The first-order valence-electron chi connectivity index (χ1n) is 6.38. The van der Waals surface area contributed by atoms with Crippen LogP contribution >= 0.6 is 0 Å². The van der Waals surface area contributed by atoms with Gasteiger partial charge in [-0.3, -0.25) is 9.58 Å². The minimum absolute atomic E-state index is 0.326. The van der Waals surface area contributed by atoms with Gasteiger partial charge in [0, 0.05) is 37.6 Å². The third kappa shape index (κ3) is 2.66. The van der Waals surface area contributed by atoms with E-state index in [1.165, 1.54) is 12.1 Å². The van der Waals surface area contributed by atoms with Gasteiger partial charge in [0.2, 0.25) is 0 Å². The van der Waals surface area contributed by atoms with Crippen molar-refractivity contribution < 1.29 is 8.78 Å². The smallest absolute Gasteiger partial charge is 0.127 e. The molecule has 0 bridgehead atoms. The van der Waals surface area contributed by atoms with E-state index in [-0.39, 0.29) is 11.6 Å². The van der Waals surface area contributed by atoms with Crippen molar-refractivity contribution >= 4 is 0 Å². The van der Waals surface area contributed by atoms with Crippen LogP contribution in [0, 0.1) is 11.6 Å². The minimum atomic E-state index is -0.390. The quantitative estimate of drug-likeness (QED) is 0.848. The van der Waals surface area contributed by atoms with E-state index in [1.807, 2.05) is 16.9 Å². The maximum Gasteiger partial charge on any atom is 0.127 e. The highest BCUT2D eigenvalue weighted by Gasteiger charge is 2.24. The maximum absolute atomic E-state index is 13.6. The van der Waals surface area contributed by atoms with E-state index in [2.05, 4.69) is 10.00 Å². The summed E-state index contributed by atoms with van der Waals surface area (Å²) in [5.74, 6) is -0.733. The van der Waals surface area contributed by atoms with E-state index in [9.17, 15) is 8.78 Å². The topological polar surface area (TPSA) is 21.1 Å². The highest BCUT2D eigenvalue weighted by atomic mass is 19.1. The molecule has 1 aromatic heterocycles. The molecule has 19 heavy (non-hydrogen) atoms. The van der Waals surface area contributed by atoms with Gasteiger partial charge in [-0.15, -0.1) is 0 Å². The molecule has 2 heterocycles. The molecule has 0 N–H and O–H groups in total. The van der Waals surface area contributed by atoms with Gasteiger partial charge in [-0.1, -0.05) is 0 Å². The Morgan fingerprint density at radius 3 is 3.00 bits per heavy atom. The van der Waals surface area contributed by atoms with Crippen LogP contribution in [0.1, 0.15) is 18.0 Å². The molecule has 0 spiro atoms. The molecule has 0 radical (unpaired) electrons. The Labute approximate surface area is 110 Å². The number of nitrogens with zero attached hydrogens (tertiary/aromatic N) is 3. The molecule has 1 fully saturated rings. The first kappa shape index (κ1) is 12.3. The fraction of sp³-hybridized carbons (Fsp3) is 0.357. The summed E-state index contributed by atoms with van der Waals surface area (Å²) in [5.41, 5.74) is 0.418. The van der Waals surface area contributed by atoms with Crippen molar-refractivity contribution in [3.63, 3.8) is 0 Å². The summed E-state index contributed by atoms with van der Waals surface area (Å²) in [7, 11) is 0. The number of rotatable bonds is 3. The van der Waals surface area contributed by atoms with Crippen LogP contribution < -0.4 is 0 Å². The van der Waals surface area contributed by atoms with Gasteiger partial charge in [0.25, 0.3) is 0 Å². The highest BCUT2D eigenvalue weighted by Crippen LogP contribution is 2.23. The Morgan fingerprint density at radius 1 is 1.32 bits per heavy atom. The van der Waals surface area contributed by atoms with Crippen LogP contribution in [0.2, 0.25) is 0 Å². The zero-order chi connectivity index (χ0) is 13.2. The third-order valence-corrected chi connectivity index (χ3v) is 3.55. The van der Waals surface area contributed by atoms with Gasteiger partial charge in [-0.25, -0.2) is 8.78 Å². The SMILES string of the molecule is Fc1ccc(F)c(CN2CCC(n3cccn3)C2)c1. The molecule has 1 atom stereocenters. The number of benzene rings is 1. The minimum Gasteiger partial charge on any atom is -0.297 e. The van der Waals surface area contributed by atoms with Gasteiger partial charge < -0.3 is 0 Å². The number of halogens is 2. The van der Waals surface area contributed by atoms with Crippen molar-refractivity contribution in [1.29, 1.82) is 0 Å². The molecule has 0 saturated carbocycles. The summed E-state index contributed by atoms with van der Waals surface area (Å²) >= 11 is 0. The van der Waals surface area contributed by atoms with Gasteiger partial charge in [-0.2, -0.15) is 5.10 Å². The number of aromatic nitrogens is 2. The van der Waals surface area contributed by atoms with Crippen LogP contribution in [-0.2, 0) is 6.54 Å². The summed E-state index contributed by atoms with van der Waals surface area (Å²) in [5, 5.41) is 4.23. The molecule has 100 valence electrons. The van der Waals surface area contributed by atoms with Crippen molar-refractivity contribution in [3.05, 3.63) is 53.9 Å². The molecule has 1 saturated heterocycles. The Balaban J connectivity index is 1.67. The van der Waals surface area contributed by atoms with Crippen LogP contribution in [0.25, 0.3) is 0 Å². The predicted octanol–water partition coefficient (Wildman–Crippen LogP) is 2.61. The van der Waals surface area contributed by atoms with E-state index >= 15 is 0 Å². The second-order valence-electron chi connectivity index (χ2n) is 4.90. The highest BCUT2D eigenvalue weighted by molar-refractivity contribution is 5.18. The lowest BCUT2D eigenvalue weighted by atomic mass is 10.2. The van der Waals surface area contributed by atoms with E-state index in [0.717, 1.165) is 25.6 Å². The number of likely N-dealkylation sites (tertiary alicyclic amines) is 1. The summed E-state index contributed by atoms with van der Waals surface area (Å²) in [6, 6.07) is 5.83. The lowest BCUT2D eigenvalue weighted by molar-refractivity contribution is 0.306. The Bertz CT molecular complexity index is 554. The second kappa shape index (κ2) is 5.09. The molecule has 1 aliphatic rings. The summed E-state index contributed by atoms with van der Waals surface area (Å²) in [6.45, 7) is 2.14. The van der Waals surface area contributed by atoms with Crippen molar-refractivity contribution in [2.24, 2.45) is 0 Å². The van der Waals surface area contributed by atoms with Crippen molar-refractivity contribution in [2.75, 3.05) is 13.1 Å². The van der Waals surface area contributed by atoms with Crippen molar-refractivity contribution in [2.45, 2.75) is 19.0 Å². The fourth-order valence-electron chi connectivity index (χ4n) is 2.57. The van der Waals surface area contributed by atoms with E-state index in [4.69, 9.17) is 0 Å². The first-order valence-corrected chi connectivity index (χ1v) is 6.38. The van der Waals surface area contributed by atoms with E-state index in [0.29, 0.717) is 18.2 Å². The van der Waals surface area contributed by atoms with E-state index in [1.54, 1.807) is 6.20 Å². The summed E-state index contributed by atoms with van der Waals surface area (Å²) in [4.78, 5) is 2.13. The second-order valence-corrected chi connectivity index (χ2v) is 4.90. The normalized spacial score (nSPS) is 20.0. The van der Waals surface area contributed by atoms with Gasteiger partial charge in [0.05, 0.1) is 6.04 Å². The lowest BCUT2D eigenvalue weighted by Gasteiger charge is -2.16. The van der Waals surface area contributed by atoms with Crippen LogP contribution in [0.4, 0.5) is 8.78 Å². The fourth-order valence-corrected chi connectivity index (χ4v) is 2.57. The number of hydrogen-bond donors (Lipinski definition) is 0. The molecule has 1 unspecified atom stereocenters. The molecule has 0 aliphatic carbocycles. The molecule has 1 aliphatic heterocycles. The average Bonchev–Trinajstić information content (AvgIpc) is 3.04. The van der Waals surface area contributed by atoms with Gasteiger partial charge in [0.1, 0.15) is 11.6 Å². The molecule has 3 nitrogen and oxygen atoms in total. The first-order chi connectivity index (χ1) is 9.22. The average molecular weight is 263 g/mol. The Morgan fingerprint density at radius 2 is 2.21 bits per heavy atom. The summed E-state index contributed by atoms with van der Waals surface area (Å²) in [6.07, 6.45) is 4.68. The molecule has 5 heteroatoms. The molecular formula is C14H15F2N3. The third-order valence-electron chi connectivity index (χ3n) is 3.55. The molecular weight excluding hydrogens is 248 g/mol. The molecule has 1 aromatic carbocycles. The van der Waals surface area contributed by atoms with Crippen molar-refractivity contribution in [3.8, 4) is 0 Å². The largest absolute Gasteiger partial charge is 0.297 e. The standard InChI is InChI=1S/C14H15F2N3/c15-12-2-3-14(16)11(8-12)9-18-7-4-13(10-18)19-6-1-5-17-19/h1-3,5-6,8,13H,4,7,9-10H2. The number of hydrogen-bond acceptors (Lipinski definition) is 2. The zero-order valence-corrected chi connectivity index (χ0v) is 10.5. The lowest BCUT2D eigenvalue weighted by Crippen LogP contribution is -2.22. The monoisotopic (exact) mass is 263 g/mol. The molecule has 2 aromatic rings. The van der Waals surface area contributed by atoms with Crippen LogP contribution in [-0.4, -0.2) is 27.8 Å². The van der Waals surface area contributed by atoms with Crippen molar-refractivity contribution in [1.82, 2.24) is 14.7 Å². The van der Waals surface area contributed by atoms with Gasteiger partial charge >= 0.3 is 0 Å².